The molecular formula is C21H28N4O3. The Labute approximate surface area is 165 Å². The fourth-order valence-electron chi connectivity index (χ4n) is 3.98. The molecule has 2 N–H and O–H groups in total. The normalized spacial score (nSPS) is 19.9. The van der Waals surface area contributed by atoms with Gasteiger partial charge in [-0.2, -0.15) is 5.10 Å². The molecule has 1 saturated heterocycles. The third-order valence-corrected chi connectivity index (χ3v) is 5.51. The minimum Gasteiger partial charge on any atom is -0.494 e. The van der Waals surface area contributed by atoms with Crippen LogP contribution >= 0.6 is 0 Å². The van der Waals surface area contributed by atoms with Crippen molar-refractivity contribution in [1.29, 1.82) is 0 Å². The average Bonchev–Trinajstić information content (AvgIpc) is 3.15. The summed E-state index contributed by atoms with van der Waals surface area (Å²) in [5.74, 6) is 1.58. The number of aromatic amines is 1. The van der Waals surface area contributed by atoms with Gasteiger partial charge in [0.15, 0.2) is 5.82 Å². The summed E-state index contributed by atoms with van der Waals surface area (Å²) in [4.78, 5) is 14.5. The number of morpholine rings is 1. The van der Waals surface area contributed by atoms with Crippen LogP contribution in [0.3, 0.4) is 0 Å². The van der Waals surface area contributed by atoms with E-state index in [1.54, 1.807) is 0 Å². The molecule has 7 nitrogen and oxygen atoms in total. The highest BCUT2D eigenvalue weighted by Gasteiger charge is 2.30. The molecule has 150 valence electrons. The number of ether oxygens (including phenoxy) is 2. The van der Waals surface area contributed by atoms with Crippen LogP contribution < -0.4 is 10.1 Å². The predicted molar refractivity (Wildman–Crippen MR) is 107 cm³/mol. The number of rotatable bonds is 7. The quantitative estimate of drug-likeness (QED) is 0.717. The van der Waals surface area contributed by atoms with Gasteiger partial charge in [-0.15, -0.1) is 0 Å². The molecule has 1 fully saturated rings. The molecule has 1 aromatic heterocycles. The zero-order valence-corrected chi connectivity index (χ0v) is 16.4. The highest BCUT2D eigenvalue weighted by Crippen LogP contribution is 2.38. The van der Waals surface area contributed by atoms with E-state index in [2.05, 4.69) is 39.5 Å². The molecule has 2 aliphatic heterocycles. The van der Waals surface area contributed by atoms with E-state index in [1.807, 2.05) is 12.1 Å². The molecule has 0 aliphatic carbocycles. The number of nitrogens with zero attached hydrogens (tertiary/aromatic N) is 2. The zero-order valence-electron chi connectivity index (χ0n) is 16.4. The summed E-state index contributed by atoms with van der Waals surface area (Å²) in [6.07, 6.45) is 2.31. The number of hydrogen-bond acceptors (Lipinski definition) is 5. The Kier molecular flexibility index (Phi) is 5.92. The number of H-pyrrole nitrogens is 1. The molecule has 1 atom stereocenters. The number of nitrogens with one attached hydrogen (secondary N) is 2. The Morgan fingerprint density at radius 2 is 2.04 bits per heavy atom. The van der Waals surface area contributed by atoms with Crippen LogP contribution in [0.4, 0.5) is 5.82 Å². The summed E-state index contributed by atoms with van der Waals surface area (Å²) in [5.41, 5.74) is 3.32. The first kappa shape index (κ1) is 19.0. The first-order chi connectivity index (χ1) is 13.7. The van der Waals surface area contributed by atoms with Crippen LogP contribution in [0.1, 0.15) is 42.5 Å². The fourth-order valence-corrected chi connectivity index (χ4v) is 3.98. The van der Waals surface area contributed by atoms with Crippen molar-refractivity contribution in [1.82, 2.24) is 15.1 Å². The minimum absolute atomic E-state index is 0.00934. The molecule has 2 aliphatic rings. The van der Waals surface area contributed by atoms with Crippen molar-refractivity contribution in [2.45, 2.75) is 32.1 Å². The van der Waals surface area contributed by atoms with Crippen LogP contribution in [0.15, 0.2) is 24.3 Å². The Morgan fingerprint density at radius 3 is 2.79 bits per heavy atom. The molecule has 1 amide bonds. The zero-order chi connectivity index (χ0) is 19.3. The van der Waals surface area contributed by atoms with Gasteiger partial charge in [-0.3, -0.25) is 14.8 Å². The fraction of sp³-hybridized carbons (Fsp3) is 0.524. The molecule has 3 heterocycles. The van der Waals surface area contributed by atoms with Gasteiger partial charge in [-0.05, 0) is 30.5 Å². The standard InChI is InChI=1S/C21H28N4O3/c1-2-18-20-17(14-19(26)22-21(20)24-23-18)15-4-6-16(7-5-15)28-11-3-8-25-9-12-27-13-10-25/h4-7,17H,2-3,8-14H2,1H3,(H2,22,23,24,26). The van der Waals surface area contributed by atoms with Crippen LogP contribution in [0.2, 0.25) is 0 Å². The molecule has 1 aromatic carbocycles. The molecule has 7 heteroatoms. The van der Waals surface area contributed by atoms with Gasteiger partial charge >= 0.3 is 0 Å². The van der Waals surface area contributed by atoms with E-state index in [1.165, 1.54) is 0 Å². The molecule has 28 heavy (non-hydrogen) atoms. The Hall–Kier alpha value is -2.38. The van der Waals surface area contributed by atoms with Gasteiger partial charge in [0.2, 0.25) is 5.91 Å². The number of carbonyl (C=O) groups is 1. The second-order valence-electron chi connectivity index (χ2n) is 7.35. The summed E-state index contributed by atoms with van der Waals surface area (Å²) in [6, 6.07) is 8.14. The van der Waals surface area contributed by atoms with Gasteiger partial charge in [-0.25, -0.2) is 0 Å². The van der Waals surface area contributed by atoms with E-state index >= 15 is 0 Å². The predicted octanol–water partition coefficient (Wildman–Crippen LogP) is 2.55. The first-order valence-electron chi connectivity index (χ1n) is 10.1. The second-order valence-corrected chi connectivity index (χ2v) is 7.35. The van der Waals surface area contributed by atoms with Gasteiger partial charge in [0.05, 0.1) is 19.8 Å². The molecular weight excluding hydrogens is 356 g/mol. The van der Waals surface area contributed by atoms with Crippen LogP contribution in [-0.4, -0.2) is 60.5 Å². The van der Waals surface area contributed by atoms with Gasteiger partial charge in [0.1, 0.15) is 5.75 Å². The van der Waals surface area contributed by atoms with E-state index in [0.717, 1.165) is 68.3 Å². The van der Waals surface area contributed by atoms with Gasteiger partial charge in [0, 0.05) is 43.2 Å². The number of aromatic nitrogens is 2. The molecule has 0 spiro atoms. The van der Waals surface area contributed by atoms with Gasteiger partial charge in [-0.1, -0.05) is 19.1 Å². The number of carbonyl (C=O) groups excluding carboxylic acids is 1. The SMILES string of the molecule is CCc1[nH]nc2c1C(c1ccc(OCCCN3CCOCC3)cc1)CC(=O)N2. The van der Waals surface area contributed by atoms with E-state index in [-0.39, 0.29) is 11.8 Å². The summed E-state index contributed by atoms with van der Waals surface area (Å²) in [7, 11) is 0. The van der Waals surface area contributed by atoms with Crippen LogP contribution in [0.25, 0.3) is 0 Å². The lowest BCUT2D eigenvalue weighted by molar-refractivity contribution is -0.116. The summed E-state index contributed by atoms with van der Waals surface area (Å²) >= 11 is 0. The largest absolute Gasteiger partial charge is 0.494 e. The monoisotopic (exact) mass is 384 g/mol. The Morgan fingerprint density at radius 1 is 1.25 bits per heavy atom. The van der Waals surface area contributed by atoms with Crippen molar-refractivity contribution in [3.8, 4) is 5.75 Å². The number of amides is 1. The lowest BCUT2D eigenvalue weighted by atomic mass is 9.85. The lowest BCUT2D eigenvalue weighted by Crippen LogP contribution is -2.37. The summed E-state index contributed by atoms with van der Waals surface area (Å²) < 4.78 is 11.3. The van der Waals surface area contributed by atoms with Gasteiger partial charge < -0.3 is 14.8 Å². The molecule has 0 radical (unpaired) electrons. The van der Waals surface area contributed by atoms with E-state index < -0.39 is 0 Å². The Bertz CT molecular complexity index is 796. The summed E-state index contributed by atoms with van der Waals surface area (Å²) in [6.45, 7) is 7.53. The van der Waals surface area contributed by atoms with Crippen LogP contribution in [0.5, 0.6) is 5.75 Å². The number of fused-ring (bicyclic) bond motifs is 1. The maximum Gasteiger partial charge on any atom is 0.226 e. The second kappa shape index (κ2) is 8.75. The highest BCUT2D eigenvalue weighted by molar-refractivity contribution is 5.94. The third kappa shape index (κ3) is 4.20. The minimum atomic E-state index is 0.00934. The smallest absolute Gasteiger partial charge is 0.226 e. The van der Waals surface area contributed by atoms with Crippen molar-refractivity contribution in [3.63, 3.8) is 0 Å². The lowest BCUT2D eigenvalue weighted by Gasteiger charge is -2.26. The van der Waals surface area contributed by atoms with Crippen molar-refractivity contribution in [3.05, 3.63) is 41.1 Å². The van der Waals surface area contributed by atoms with Crippen molar-refractivity contribution in [2.75, 3.05) is 44.8 Å². The molecule has 1 unspecified atom stereocenters. The number of hydrogen-bond donors (Lipinski definition) is 2. The average molecular weight is 384 g/mol. The number of aryl methyl sites for hydroxylation is 1. The topological polar surface area (TPSA) is 79.5 Å². The van der Waals surface area contributed by atoms with E-state index in [0.29, 0.717) is 18.8 Å². The highest BCUT2D eigenvalue weighted by atomic mass is 16.5. The maximum absolute atomic E-state index is 12.1. The molecule has 0 bridgehead atoms. The number of benzene rings is 1. The maximum atomic E-state index is 12.1. The van der Waals surface area contributed by atoms with E-state index in [4.69, 9.17) is 9.47 Å². The van der Waals surface area contributed by atoms with E-state index in [9.17, 15) is 4.79 Å². The molecule has 0 saturated carbocycles. The molecule has 2 aromatic rings. The van der Waals surface area contributed by atoms with Crippen molar-refractivity contribution >= 4 is 11.7 Å². The van der Waals surface area contributed by atoms with Crippen molar-refractivity contribution in [2.24, 2.45) is 0 Å². The van der Waals surface area contributed by atoms with Crippen LogP contribution in [-0.2, 0) is 16.0 Å². The Balaban J connectivity index is 1.36. The van der Waals surface area contributed by atoms with Crippen LogP contribution in [0, 0.1) is 0 Å². The van der Waals surface area contributed by atoms with Crippen molar-refractivity contribution < 1.29 is 14.3 Å². The number of anilines is 1. The third-order valence-electron chi connectivity index (χ3n) is 5.51. The first-order valence-corrected chi connectivity index (χ1v) is 10.1. The summed E-state index contributed by atoms with van der Waals surface area (Å²) in [5, 5.41) is 10.2. The van der Waals surface area contributed by atoms with Gasteiger partial charge in [0.25, 0.3) is 0 Å². The molecule has 4 rings (SSSR count).